The van der Waals surface area contributed by atoms with Crippen LogP contribution in [0, 0.1) is 0 Å². The van der Waals surface area contributed by atoms with Gasteiger partial charge in [-0.15, -0.1) is 0 Å². The zero-order valence-electron chi connectivity index (χ0n) is 14.4. The lowest BCUT2D eigenvalue weighted by atomic mass is 10.1. The molecule has 3 heteroatoms. The molecule has 0 aliphatic heterocycles. The second kappa shape index (κ2) is 16.8. The molecule has 0 rings (SSSR count). The van der Waals surface area contributed by atoms with Crippen molar-refractivity contribution >= 4 is 5.97 Å². The molecule has 0 saturated carbocycles. The Morgan fingerprint density at radius 1 is 0.957 bits per heavy atom. The topological polar surface area (TPSA) is 57.5 Å². The minimum atomic E-state index is -0.807. The van der Waals surface area contributed by atoms with Gasteiger partial charge in [0, 0.05) is 6.42 Å². The highest BCUT2D eigenvalue weighted by molar-refractivity contribution is 5.66. The monoisotopic (exact) mass is 320 g/mol. The lowest BCUT2D eigenvalue weighted by molar-refractivity contribution is -0.137. The van der Waals surface area contributed by atoms with E-state index in [2.05, 4.69) is 25.2 Å². The molecule has 0 amide bonds. The first-order valence-electron chi connectivity index (χ1n) is 8.70. The van der Waals surface area contributed by atoms with Crippen molar-refractivity contribution in [1.29, 1.82) is 0 Å². The maximum absolute atomic E-state index is 10.4. The van der Waals surface area contributed by atoms with Crippen LogP contribution in [0.4, 0.5) is 0 Å². The van der Waals surface area contributed by atoms with E-state index in [0.717, 1.165) is 6.42 Å². The average molecular weight is 320 g/mol. The van der Waals surface area contributed by atoms with E-state index >= 15 is 0 Å². The standard InChI is InChI=1S/C20H32O3/c1-2-3-4-5-6-7-8-9-10-11-12-13-14-16-19(21)17-15-18-20(22)23/h6-7,9-14,19,21H,2-5,8,15-18H2,1H3,(H,22,23)/b7-6+,10-9+,12-11+,14-13+. The van der Waals surface area contributed by atoms with Gasteiger partial charge in [-0.1, -0.05) is 68.4 Å². The molecular weight excluding hydrogens is 288 g/mol. The molecule has 0 aliphatic rings. The summed E-state index contributed by atoms with van der Waals surface area (Å²) in [5, 5.41) is 18.2. The number of hydrogen-bond donors (Lipinski definition) is 2. The van der Waals surface area contributed by atoms with Crippen LogP contribution in [-0.2, 0) is 4.79 Å². The highest BCUT2D eigenvalue weighted by Crippen LogP contribution is 2.05. The first-order chi connectivity index (χ1) is 11.2. The Hall–Kier alpha value is -1.61. The Balaban J connectivity index is 3.60. The zero-order valence-corrected chi connectivity index (χ0v) is 14.4. The van der Waals surface area contributed by atoms with Gasteiger partial charge in [-0.05, 0) is 38.5 Å². The molecule has 0 aliphatic carbocycles. The van der Waals surface area contributed by atoms with Gasteiger partial charge in [0.15, 0.2) is 0 Å². The van der Waals surface area contributed by atoms with Gasteiger partial charge >= 0.3 is 5.97 Å². The van der Waals surface area contributed by atoms with Crippen molar-refractivity contribution in [3.8, 4) is 0 Å². The molecule has 0 bridgehead atoms. The molecule has 0 saturated heterocycles. The Bertz CT molecular complexity index is 392. The molecule has 2 N–H and O–H groups in total. The van der Waals surface area contributed by atoms with Crippen molar-refractivity contribution in [2.45, 2.75) is 70.8 Å². The van der Waals surface area contributed by atoms with E-state index < -0.39 is 12.1 Å². The summed E-state index contributed by atoms with van der Waals surface area (Å²) >= 11 is 0. The number of rotatable bonds is 14. The van der Waals surface area contributed by atoms with Gasteiger partial charge in [0.05, 0.1) is 6.10 Å². The van der Waals surface area contributed by atoms with E-state index in [9.17, 15) is 9.90 Å². The summed E-state index contributed by atoms with van der Waals surface area (Å²) in [4.78, 5) is 10.4. The van der Waals surface area contributed by atoms with Gasteiger partial charge in [-0.3, -0.25) is 4.79 Å². The fourth-order valence-electron chi connectivity index (χ4n) is 2.01. The van der Waals surface area contributed by atoms with Crippen LogP contribution in [0.1, 0.15) is 64.7 Å². The Morgan fingerprint density at radius 3 is 2.39 bits per heavy atom. The molecular formula is C20H32O3. The van der Waals surface area contributed by atoms with Crippen LogP contribution in [-0.4, -0.2) is 22.3 Å². The van der Waals surface area contributed by atoms with Gasteiger partial charge in [-0.2, -0.15) is 0 Å². The number of aliphatic hydroxyl groups excluding tert-OH is 1. The van der Waals surface area contributed by atoms with Crippen molar-refractivity contribution in [3.05, 3.63) is 48.6 Å². The maximum Gasteiger partial charge on any atom is 0.303 e. The highest BCUT2D eigenvalue weighted by Gasteiger charge is 2.03. The molecule has 130 valence electrons. The highest BCUT2D eigenvalue weighted by atomic mass is 16.4. The fraction of sp³-hybridized carbons (Fsp3) is 0.550. The smallest absolute Gasteiger partial charge is 0.303 e. The van der Waals surface area contributed by atoms with Gasteiger partial charge in [0.1, 0.15) is 0 Å². The van der Waals surface area contributed by atoms with E-state index in [0.29, 0.717) is 19.3 Å². The third kappa shape index (κ3) is 18.3. The zero-order chi connectivity index (χ0) is 17.2. The molecule has 1 atom stereocenters. The number of unbranched alkanes of at least 4 members (excludes halogenated alkanes) is 3. The van der Waals surface area contributed by atoms with Crippen molar-refractivity contribution in [2.75, 3.05) is 0 Å². The number of aliphatic carboxylic acids is 1. The van der Waals surface area contributed by atoms with E-state index in [1.54, 1.807) is 0 Å². The predicted molar refractivity (Wildman–Crippen MR) is 97.4 cm³/mol. The Kier molecular flexibility index (Phi) is 15.6. The Labute approximate surface area is 141 Å². The fourth-order valence-corrected chi connectivity index (χ4v) is 2.01. The van der Waals surface area contributed by atoms with Crippen molar-refractivity contribution < 1.29 is 15.0 Å². The molecule has 3 nitrogen and oxygen atoms in total. The third-order valence-corrected chi connectivity index (χ3v) is 3.35. The number of aliphatic hydroxyl groups is 1. The minimum absolute atomic E-state index is 0.124. The van der Waals surface area contributed by atoms with Crippen LogP contribution in [0.15, 0.2) is 48.6 Å². The van der Waals surface area contributed by atoms with Crippen molar-refractivity contribution in [1.82, 2.24) is 0 Å². The van der Waals surface area contributed by atoms with Crippen LogP contribution >= 0.6 is 0 Å². The largest absolute Gasteiger partial charge is 0.481 e. The molecule has 0 spiro atoms. The van der Waals surface area contributed by atoms with Crippen LogP contribution < -0.4 is 0 Å². The third-order valence-electron chi connectivity index (χ3n) is 3.35. The van der Waals surface area contributed by atoms with E-state index in [4.69, 9.17) is 5.11 Å². The quantitative estimate of drug-likeness (QED) is 0.263. The number of carbonyl (C=O) groups is 1. The summed E-state index contributed by atoms with van der Waals surface area (Å²) in [5.41, 5.74) is 0. The van der Waals surface area contributed by atoms with E-state index in [1.165, 1.54) is 25.7 Å². The number of allylic oxidation sites excluding steroid dienone is 7. The van der Waals surface area contributed by atoms with Crippen LogP contribution in [0.2, 0.25) is 0 Å². The first-order valence-corrected chi connectivity index (χ1v) is 8.70. The molecule has 1 unspecified atom stereocenters. The summed E-state index contributed by atoms with van der Waals surface area (Å²) < 4.78 is 0. The predicted octanol–water partition coefficient (Wildman–Crippen LogP) is 5.19. The lowest BCUT2D eigenvalue weighted by Crippen LogP contribution is -2.06. The van der Waals surface area contributed by atoms with Crippen LogP contribution in [0.5, 0.6) is 0 Å². The van der Waals surface area contributed by atoms with Crippen molar-refractivity contribution in [3.63, 3.8) is 0 Å². The second-order valence-electron chi connectivity index (χ2n) is 5.62. The van der Waals surface area contributed by atoms with Gasteiger partial charge in [-0.25, -0.2) is 0 Å². The maximum atomic E-state index is 10.4. The SMILES string of the molecule is CCCCC/C=C/C/C=C/C=C/C=C/CC(O)CCCC(=O)O. The summed E-state index contributed by atoms with van der Waals surface area (Å²) in [6.45, 7) is 2.22. The molecule has 0 heterocycles. The summed E-state index contributed by atoms with van der Waals surface area (Å²) in [7, 11) is 0. The molecule has 0 radical (unpaired) electrons. The summed E-state index contributed by atoms with van der Waals surface area (Å²) in [6.07, 6.45) is 23.6. The van der Waals surface area contributed by atoms with Gasteiger partial charge in [0.2, 0.25) is 0 Å². The van der Waals surface area contributed by atoms with E-state index in [1.807, 2.05) is 30.4 Å². The summed E-state index contributed by atoms with van der Waals surface area (Å²) in [5.74, 6) is -0.807. The average Bonchev–Trinajstić information content (AvgIpc) is 2.51. The molecule has 0 aromatic carbocycles. The Morgan fingerprint density at radius 2 is 1.70 bits per heavy atom. The second-order valence-corrected chi connectivity index (χ2v) is 5.62. The van der Waals surface area contributed by atoms with Crippen LogP contribution in [0.3, 0.4) is 0 Å². The lowest BCUT2D eigenvalue weighted by Gasteiger charge is -2.05. The molecule has 0 fully saturated rings. The van der Waals surface area contributed by atoms with E-state index in [-0.39, 0.29) is 6.42 Å². The minimum Gasteiger partial charge on any atom is -0.481 e. The van der Waals surface area contributed by atoms with Crippen molar-refractivity contribution in [2.24, 2.45) is 0 Å². The van der Waals surface area contributed by atoms with Gasteiger partial charge < -0.3 is 10.2 Å². The van der Waals surface area contributed by atoms with Crippen LogP contribution in [0.25, 0.3) is 0 Å². The van der Waals surface area contributed by atoms with Gasteiger partial charge in [0.25, 0.3) is 0 Å². The summed E-state index contributed by atoms with van der Waals surface area (Å²) in [6, 6.07) is 0. The first kappa shape index (κ1) is 21.4. The number of carboxylic acids is 1. The molecule has 0 aromatic rings. The molecule has 23 heavy (non-hydrogen) atoms. The number of hydrogen-bond acceptors (Lipinski definition) is 2. The number of carboxylic acid groups (broad SMARTS) is 1. The normalized spacial score (nSPS) is 13.8. The molecule has 0 aromatic heterocycles.